The van der Waals surface area contributed by atoms with E-state index in [2.05, 4.69) is 217 Å². The van der Waals surface area contributed by atoms with Crippen LogP contribution in [0.4, 0.5) is 0 Å². The Kier molecular flexibility index (Phi) is 10.4. The zero-order valence-electron chi connectivity index (χ0n) is 38.5. The molecule has 13 aromatic rings. The van der Waals surface area contributed by atoms with Gasteiger partial charge in [-0.15, -0.1) is 0 Å². The van der Waals surface area contributed by atoms with Crippen molar-refractivity contribution in [2.24, 2.45) is 0 Å². The second-order valence-corrected chi connectivity index (χ2v) is 21.6. The first-order chi connectivity index (χ1) is 35.2. The van der Waals surface area contributed by atoms with Crippen LogP contribution in [-0.4, -0.2) is 32.4 Å². The number of imidazole rings is 1. The summed E-state index contributed by atoms with van der Waals surface area (Å²) in [6.45, 7) is 0. The third-order valence-electron chi connectivity index (χ3n) is 13.6. The molecule has 0 fully saturated rings. The van der Waals surface area contributed by atoms with Gasteiger partial charge < -0.3 is 4.42 Å². The molecule has 0 aliphatic rings. The maximum atomic E-state index is 6.79. The zero-order chi connectivity index (χ0) is 47.1. The van der Waals surface area contributed by atoms with Gasteiger partial charge in [-0.25, -0.2) is 19.9 Å². The summed E-state index contributed by atoms with van der Waals surface area (Å²) < 4.78 is 9.00. The van der Waals surface area contributed by atoms with Crippen LogP contribution >= 0.6 is 0 Å². The van der Waals surface area contributed by atoms with Crippen LogP contribution in [0.5, 0.6) is 0 Å². The number of fused-ring (bicyclic) bond motifs is 4. The molecule has 7 heteroatoms. The predicted octanol–water partition coefficient (Wildman–Crippen LogP) is 12.8. The van der Waals surface area contributed by atoms with Gasteiger partial charge in [0.2, 0.25) is 0 Å². The Bertz CT molecular complexity index is 3930. The molecular formula is C64H43N5OSi. The largest absolute Gasteiger partial charge is 0.456 e. The molecule has 6 nitrogen and oxygen atoms in total. The molecule has 0 N–H and O–H groups in total. The molecule has 13 rings (SSSR count). The van der Waals surface area contributed by atoms with Crippen LogP contribution in [0.3, 0.4) is 0 Å². The molecule has 0 aliphatic heterocycles. The highest BCUT2D eigenvalue weighted by molar-refractivity contribution is 7.19. The number of hydrogen-bond acceptors (Lipinski definition) is 5. The standard InChI is InChI=1S/C64H43N5OSi/c1-6-19-44(20-7-1)45-32-34-47(35-33-45)63-66-62(46-21-8-2-9-22-46)67-64(68-63)50-37-39-56-55-38-36-48(42-57(55)70-58(56)43-50)60-61(69-40-17-16-31-59(69)65-60)49-23-18-30-54(41-49)71(51-24-10-3-11-25-51,52-26-12-4-13-27-52)53-28-14-5-15-29-53/h1-43H. The maximum Gasteiger partial charge on any atom is 0.179 e. The summed E-state index contributed by atoms with van der Waals surface area (Å²) in [4.78, 5) is 20.4. The molecule has 0 unspecified atom stereocenters. The number of hydrogen-bond donors (Lipinski definition) is 0. The molecule has 0 saturated heterocycles. The third-order valence-corrected chi connectivity index (χ3v) is 18.4. The van der Waals surface area contributed by atoms with E-state index in [1.165, 1.54) is 20.7 Å². The monoisotopic (exact) mass is 925 g/mol. The average molecular weight is 926 g/mol. The van der Waals surface area contributed by atoms with Crippen molar-refractivity contribution in [1.82, 2.24) is 24.3 Å². The van der Waals surface area contributed by atoms with Crippen LogP contribution in [0.15, 0.2) is 265 Å². The van der Waals surface area contributed by atoms with Crippen molar-refractivity contribution in [3.63, 3.8) is 0 Å². The lowest BCUT2D eigenvalue weighted by Crippen LogP contribution is -2.74. The summed E-state index contributed by atoms with van der Waals surface area (Å²) >= 11 is 0. The lowest BCUT2D eigenvalue weighted by atomic mass is 10.0. The van der Waals surface area contributed by atoms with E-state index in [0.717, 1.165) is 77.9 Å². The Morgan fingerprint density at radius 3 is 1.32 bits per heavy atom. The zero-order valence-corrected chi connectivity index (χ0v) is 39.5. The Labute approximate surface area is 411 Å². The Balaban J connectivity index is 0.921. The van der Waals surface area contributed by atoms with Gasteiger partial charge in [0.1, 0.15) is 16.8 Å². The lowest BCUT2D eigenvalue weighted by Gasteiger charge is -2.34. The highest BCUT2D eigenvalue weighted by Crippen LogP contribution is 2.38. The van der Waals surface area contributed by atoms with E-state index in [4.69, 9.17) is 24.4 Å². The minimum Gasteiger partial charge on any atom is -0.456 e. The fourth-order valence-corrected chi connectivity index (χ4v) is 15.1. The SMILES string of the molecule is c1ccc(-c2ccc(-c3nc(-c4ccccc4)nc(-c4ccc5c(c4)oc4cc(-c6nc7ccccn7c6-c6cccc([Si](c7ccccc7)(c7ccccc7)c7ccccc7)c6)ccc45)n3)cc2)cc1. The van der Waals surface area contributed by atoms with Gasteiger partial charge in [0, 0.05) is 44.8 Å². The fourth-order valence-electron chi connectivity index (χ4n) is 10.3. The Morgan fingerprint density at radius 1 is 0.310 bits per heavy atom. The van der Waals surface area contributed by atoms with Crippen LogP contribution in [-0.2, 0) is 0 Å². The number of aromatic nitrogens is 5. The van der Waals surface area contributed by atoms with E-state index in [1.807, 2.05) is 48.5 Å². The molecule has 0 spiro atoms. The van der Waals surface area contributed by atoms with Crippen molar-refractivity contribution in [1.29, 1.82) is 0 Å². The smallest absolute Gasteiger partial charge is 0.179 e. The second kappa shape index (κ2) is 17.7. The van der Waals surface area contributed by atoms with Crippen LogP contribution in [0.25, 0.3) is 95.4 Å². The summed E-state index contributed by atoms with van der Waals surface area (Å²) in [6.07, 6.45) is 2.11. The molecule has 4 aromatic heterocycles. The van der Waals surface area contributed by atoms with Crippen LogP contribution < -0.4 is 20.7 Å². The van der Waals surface area contributed by atoms with Crippen molar-refractivity contribution in [3.05, 3.63) is 261 Å². The maximum absolute atomic E-state index is 6.79. The highest BCUT2D eigenvalue weighted by atomic mass is 28.3. The first-order valence-corrected chi connectivity index (χ1v) is 25.9. The van der Waals surface area contributed by atoms with Crippen LogP contribution in [0.1, 0.15) is 0 Å². The van der Waals surface area contributed by atoms with Gasteiger partial charge >= 0.3 is 0 Å². The molecule has 334 valence electrons. The summed E-state index contributed by atoms with van der Waals surface area (Å²) in [6, 6.07) is 90.1. The first kappa shape index (κ1) is 41.9. The second-order valence-electron chi connectivity index (χ2n) is 17.8. The number of benzene rings is 9. The predicted molar refractivity (Wildman–Crippen MR) is 292 cm³/mol. The van der Waals surface area contributed by atoms with Gasteiger partial charge in [-0.2, -0.15) is 0 Å². The van der Waals surface area contributed by atoms with E-state index in [1.54, 1.807) is 0 Å². The normalized spacial score (nSPS) is 11.7. The summed E-state index contributed by atoms with van der Waals surface area (Å²) in [5.41, 5.74) is 11.3. The summed E-state index contributed by atoms with van der Waals surface area (Å²) in [7, 11) is -2.80. The molecular weight excluding hydrogens is 883 g/mol. The Morgan fingerprint density at radius 2 is 0.732 bits per heavy atom. The van der Waals surface area contributed by atoms with E-state index < -0.39 is 8.07 Å². The van der Waals surface area contributed by atoms with E-state index in [0.29, 0.717) is 17.5 Å². The van der Waals surface area contributed by atoms with E-state index in [-0.39, 0.29) is 0 Å². The van der Waals surface area contributed by atoms with Gasteiger partial charge in [0.15, 0.2) is 25.5 Å². The topological polar surface area (TPSA) is 69.1 Å². The fraction of sp³-hybridized carbons (Fsp3) is 0. The molecule has 71 heavy (non-hydrogen) atoms. The molecule has 0 saturated carbocycles. The van der Waals surface area contributed by atoms with Crippen LogP contribution in [0.2, 0.25) is 0 Å². The molecule has 0 atom stereocenters. The van der Waals surface area contributed by atoms with Gasteiger partial charge in [0.05, 0.1) is 11.4 Å². The molecule has 0 radical (unpaired) electrons. The van der Waals surface area contributed by atoms with Gasteiger partial charge in [-0.1, -0.05) is 218 Å². The number of furan rings is 1. The van der Waals surface area contributed by atoms with Crippen molar-refractivity contribution in [3.8, 4) is 67.8 Å². The summed E-state index contributed by atoms with van der Waals surface area (Å²) in [5, 5.41) is 7.30. The third kappa shape index (κ3) is 7.44. The van der Waals surface area contributed by atoms with Gasteiger partial charge in [-0.05, 0) is 68.3 Å². The number of pyridine rings is 1. The summed E-state index contributed by atoms with van der Waals surface area (Å²) in [5.74, 6) is 1.78. The van der Waals surface area contributed by atoms with Gasteiger partial charge in [0.25, 0.3) is 0 Å². The molecule has 0 bridgehead atoms. The molecule has 4 heterocycles. The number of nitrogens with zero attached hydrogens (tertiary/aromatic N) is 5. The average Bonchev–Trinajstić information content (AvgIpc) is 4.03. The first-order valence-electron chi connectivity index (χ1n) is 23.9. The van der Waals surface area contributed by atoms with Crippen molar-refractivity contribution < 1.29 is 4.42 Å². The Hall–Kier alpha value is -9.30. The van der Waals surface area contributed by atoms with Gasteiger partial charge in [-0.3, -0.25) is 4.40 Å². The van der Waals surface area contributed by atoms with Crippen molar-refractivity contribution in [2.45, 2.75) is 0 Å². The quantitative estimate of drug-likeness (QED) is 0.101. The van der Waals surface area contributed by atoms with Crippen molar-refractivity contribution >= 4 is 56.4 Å². The lowest BCUT2D eigenvalue weighted by molar-refractivity contribution is 0.669. The minimum absolute atomic E-state index is 0.569. The highest BCUT2D eigenvalue weighted by Gasteiger charge is 2.41. The van der Waals surface area contributed by atoms with Crippen LogP contribution in [0, 0.1) is 0 Å². The minimum atomic E-state index is -2.80. The molecule has 9 aromatic carbocycles. The van der Waals surface area contributed by atoms with E-state index >= 15 is 0 Å². The molecule has 0 amide bonds. The molecule has 0 aliphatic carbocycles. The number of rotatable bonds is 10. The van der Waals surface area contributed by atoms with Crippen molar-refractivity contribution in [2.75, 3.05) is 0 Å². The van der Waals surface area contributed by atoms with E-state index in [9.17, 15) is 0 Å².